The van der Waals surface area contributed by atoms with E-state index in [1.54, 1.807) is 0 Å². The number of likely N-dealkylation sites (tertiary alicyclic amines) is 1. The second kappa shape index (κ2) is 7.75. The maximum absolute atomic E-state index is 12.2. The van der Waals surface area contributed by atoms with Gasteiger partial charge in [0.2, 0.25) is 0 Å². The van der Waals surface area contributed by atoms with Crippen LogP contribution in [0.2, 0.25) is 0 Å². The van der Waals surface area contributed by atoms with Crippen LogP contribution < -0.4 is 0 Å². The third kappa shape index (κ3) is 4.25. The van der Waals surface area contributed by atoms with E-state index in [4.69, 9.17) is 9.57 Å². The highest BCUT2D eigenvalue weighted by atomic mass is 16.7. The molecule has 0 aliphatic carbocycles. The van der Waals surface area contributed by atoms with E-state index in [1.165, 1.54) is 4.90 Å². The number of rotatable bonds is 4. The Morgan fingerprint density at radius 2 is 1.63 bits per heavy atom. The lowest BCUT2D eigenvalue weighted by atomic mass is 9.92. The molecule has 27 heavy (non-hydrogen) atoms. The number of aliphatic hydroxyl groups is 1. The van der Waals surface area contributed by atoms with Gasteiger partial charge in [-0.15, -0.1) is 5.06 Å². The molecular weight excluding hydrogens is 356 g/mol. The molecule has 0 unspecified atom stereocenters. The van der Waals surface area contributed by atoms with Gasteiger partial charge in [0.05, 0.1) is 0 Å². The molecule has 9 heteroatoms. The van der Waals surface area contributed by atoms with Crippen LogP contribution in [-0.4, -0.2) is 57.6 Å². The number of hydrogen-bond donors (Lipinski definition) is 1. The van der Waals surface area contributed by atoms with Crippen molar-refractivity contribution in [3.63, 3.8) is 0 Å². The summed E-state index contributed by atoms with van der Waals surface area (Å²) in [7, 11) is 0. The van der Waals surface area contributed by atoms with E-state index in [0.29, 0.717) is 5.06 Å². The highest BCUT2D eigenvalue weighted by molar-refractivity contribution is 6.02. The first kappa shape index (κ1) is 18.8. The van der Waals surface area contributed by atoms with Gasteiger partial charge in [-0.1, -0.05) is 30.3 Å². The van der Waals surface area contributed by atoms with E-state index < -0.39 is 29.5 Å². The van der Waals surface area contributed by atoms with Crippen LogP contribution in [0.25, 0.3) is 0 Å². The van der Waals surface area contributed by atoms with E-state index in [1.807, 2.05) is 30.3 Å². The topological polar surface area (TPSA) is 113 Å². The van der Waals surface area contributed by atoms with Crippen molar-refractivity contribution < 1.29 is 33.9 Å². The molecule has 0 spiro atoms. The van der Waals surface area contributed by atoms with Crippen LogP contribution in [0.1, 0.15) is 31.2 Å². The van der Waals surface area contributed by atoms with Gasteiger partial charge in [-0.05, 0) is 5.56 Å². The van der Waals surface area contributed by atoms with Crippen molar-refractivity contribution in [3.05, 3.63) is 35.9 Å². The summed E-state index contributed by atoms with van der Waals surface area (Å²) < 4.78 is 5.22. The molecule has 9 nitrogen and oxygen atoms in total. The van der Waals surface area contributed by atoms with Gasteiger partial charge in [0.25, 0.3) is 11.8 Å². The number of amides is 3. The lowest BCUT2D eigenvalue weighted by Gasteiger charge is -2.35. The third-order valence-corrected chi connectivity index (χ3v) is 4.61. The molecule has 1 aromatic carbocycles. The lowest BCUT2D eigenvalue weighted by Crippen LogP contribution is -2.53. The number of nitrogens with zero attached hydrogens (tertiary/aromatic N) is 2. The van der Waals surface area contributed by atoms with Crippen molar-refractivity contribution in [2.45, 2.75) is 37.9 Å². The summed E-state index contributed by atoms with van der Waals surface area (Å²) in [6.07, 6.45) is -0.749. The standard InChI is InChI=1S/C18H20N2O7/c21-14-6-7-15(22)20(14)27-16(23)18(25)8-10-19(11-9-18)17(24)26-12-13-4-2-1-3-5-13/h1-5,25H,6-12H2. The molecule has 0 saturated carbocycles. The molecule has 2 heterocycles. The molecule has 0 bridgehead atoms. The second-order valence-corrected chi connectivity index (χ2v) is 6.52. The van der Waals surface area contributed by atoms with Crippen molar-refractivity contribution in [3.8, 4) is 0 Å². The highest BCUT2D eigenvalue weighted by Gasteiger charge is 2.45. The van der Waals surface area contributed by atoms with Crippen molar-refractivity contribution in [2.75, 3.05) is 13.1 Å². The Morgan fingerprint density at radius 3 is 2.22 bits per heavy atom. The minimum atomic E-state index is -1.86. The summed E-state index contributed by atoms with van der Waals surface area (Å²) >= 11 is 0. The van der Waals surface area contributed by atoms with Crippen molar-refractivity contribution in [1.82, 2.24) is 9.96 Å². The molecule has 0 atom stereocenters. The van der Waals surface area contributed by atoms with Gasteiger partial charge < -0.3 is 19.6 Å². The average Bonchev–Trinajstić information content (AvgIpc) is 2.99. The summed E-state index contributed by atoms with van der Waals surface area (Å²) in [5, 5.41) is 10.9. The maximum atomic E-state index is 12.2. The first-order chi connectivity index (χ1) is 12.9. The van der Waals surface area contributed by atoms with Crippen molar-refractivity contribution >= 4 is 23.9 Å². The number of hydrogen-bond acceptors (Lipinski definition) is 7. The Balaban J connectivity index is 1.49. The molecule has 0 aromatic heterocycles. The molecule has 1 N–H and O–H groups in total. The fourth-order valence-corrected chi connectivity index (χ4v) is 2.90. The number of benzene rings is 1. The van der Waals surface area contributed by atoms with Crippen LogP contribution >= 0.6 is 0 Å². The number of carbonyl (C=O) groups is 4. The number of hydroxylamine groups is 2. The van der Waals surface area contributed by atoms with E-state index in [0.717, 1.165) is 5.56 Å². The van der Waals surface area contributed by atoms with Crippen molar-refractivity contribution in [2.24, 2.45) is 0 Å². The van der Waals surface area contributed by atoms with Gasteiger partial charge in [-0.3, -0.25) is 9.59 Å². The third-order valence-electron chi connectivity index (χ3n) is 4.61. The quantitative estimate of drug-likeness (QED) is 0.772. The minimum absolute atomic E-state index is 0.0222. The summed E-state index contributed by atoms with van der Waals surface area (Å²) in [6, 6.07) is 9.20. The van der Waals surface area contributed by atoms with E-state index >= 15 is 0 Å². The zero-order chi connectivity index (χ0) is 19.4. The van der Waals surface area contributed by atoms with Crippen LogP contribution in [0.5, 0.6) is 0 Å². The smallest absolute Gasteiger partial charge is 0.410 e. The van der Waals surface area contributed by atoms with Crippen LogP contribution in [0, 0.1) is 0 Å². The summed E-state index contributed by atoms with van der Waals surface area (Å²) in [5.74, 6) is -2.29. The van der Waals surface area contributed by atoms with Gasteiger partial charge in [0, 0.05) is 38.8 Å². The molecule has 3 amide bonds. The van der Waals surface area contributed by atoms with Crippen molar-refractivity contribution in [1.29, 1.82) is 0 Å². The van der Waals surface area contributed by atoms with E-state index in [-0.39, 0.29) is 45.4 Å². The highest BCUT2D eigenvalue weighted by Crippen LogP contribution is 2.26. The zero-order valence-electron chi connectivity index (χ0n) is 14.6. The Bertz CT molecular complexity index is 725. The van der Waals surface area contributed by atoms with Gasteiger partial charge >= 0.3 is 12.1 Å². The molecule has 3 rings (SSSR count). The largest absolute Gasteiger partial charge is 0.445 e. The molecule has 2 aliphatic rings. The molecule has 144 valence electrons. The van der Waals surface area contributed by atoms with Gasteiger partial charge in [-0.2, -0.15) is 0 Å². The van der Waals surface area contributed by atoms with Crippen LogP contribution in [0.15, 0.2) is 30.3 Å². The number of imide groups is 1. The first-order valence-corrected chi connectivity index (χ1v) is 8.65. The fourth-order valence-electron chi connectivity index (χ4n) is 2.90. The Hall–Kier alpha value is -2.94. The Labute approximate surface area is 155 Å². The normalized spacial score (nSPS) is 19.1. The molecule has 2 saturated heterocycles. The number of carbonyl (C=O) groups excluding carboxylic acids is 4. The second-order valence-electron chi connectivity index (χ2n) is 6.52. The molecule has 0 radical (unpaired) electrons. The Morgan fingerprint density at radius 1 is 1.04 bits per heavy atom. The molecule has 2 aliphatic heterocycles. The predicted octanol–water partition coefficient (Wildman–Crippen LogP) is 0.757. The average molecular weight is 376 g/mol. The fraction of sp³-hybridized carbons (Fsp3) is 0.444. The number of ether oxygens (including phenoxy) is 1. The van der Waals surface area contributed by atoms with Gasteiger partial charge in [-0.25, -0.2) is 9.59 Å². The van der Waals surface area contributed by atoms with Crippen LogP contribution in [-0.2, 0) is 30.6 Å². The Kier molecular flexibility index (Phi) is 5.41. The first-order valence-electron chi connectivity index (χ1n) is 8.65. The zero-order valence-corrected chi connectivity index (χ0v) is 14.6. The van der Waals surface area contributed by atoms with Gasteiger partial charge in [0.15, 0.2) is 5.60 Å². The van der Waals surface area contributed by atoms with E-state index in [2.05, 4.69) is 0 Å². The minimum Gasteiger partial charge on any atom is -0.445 e. The predicted molar refractivity (Wildman–Crippen MR) is 89.6 cm³/mol. The monoisotopic (exact) mass is 376 g/mol. The number of piperidine rings is 1. The molecule has 2 fully saturated rings. The summed E-state index contributed by atoms with van der Waals surface area (Å²) in [6.45, 7) is 0.296. The van der Waals surface area contributed by atoms with Gasteiger partial charge in [0.1, 0.15) is 6.61 Å². The maximum Gasteiger partial charge on any atom is 0.410 e. The SMILES string of the molecule is O=C(OCc1ccccc1)N1CCC(O)(C(=O)ON2C(=O)CCC2=O)CC1. The van der Waals surface area contributed by atoms with Crippen LogP contribution in [0.3, 0.4) is 0 Å². The summed E-state index contributed by atoms with van der Waals surface area (Å²) in [4.78, 5) is 53.5. The summed E-state index contributed by atoms with van der Waals surface area (Å²) in [5.41, 5.74) is -1.01. The lowest BCUT2D eigenvalue weighted by molar-refractivity contribution is -0.213. The van der Waals surface area contributed by atoms with E-state index in [9.17, 15) is 24.3 Å². The molecular formula is C18H20N2O7. The van der Waals surface area contributed by atoms with Crippen LogP contribution in [0.4, 0.5) is 4.79 Å². The molecule has 1 aromatic rings.